The number of hydrogen-bond donors (Lipinski definition) is 0. The van der Waals surface area contributed by atoms with Gasteiger partial charge >= 0.3 is 0 Å². The predicted octanol–water partition coefficient (Wildman–Crippen LogP) is 17.4. The fourth-order valence-electron chi connectivity index (χ4n) is 10.1. The van der Waals surface area contributed by atoms with E-state index in [1.165, 1.54) is 118 Å². The van der Waals surface area contributed by atoms with Crippen LogP contribution in [0.3, 0.4) is 0 Å². The smallest absolute Gasteiger partial charge is 0.0619 e. The Morgan fingerprint density at radius 3 is 1.90 bits per heavy atom. The molecule has 3 heteroatoms. The molecule has 0 aliphatic rings. The Bertz CT molecular complexity index is 3660. The van der Waals surface area contributed by atoms with Gasteiger partial charge in [-0.25, -0.2) is 0 Å². The van der Waals surface area contributed by atoms with Gasteiger partial charge in [-0.05, 0) is 112 Å². The number of rotatable bonds is 7. The van der Waals surface area contributed by atoms with E-state index in [2.05, 4.69) is 213 Å². The summed E-state index contributed by atoms with van der Waals surface area (Å²) >= 11 is 3.81. The van der Waals surface area contributed by atoms with Crippen LogP contribution in [-0.4, -0.2) is 4.57 Å². The molecule has 0 aliphatic carbocycles. The maximum atomic E-state index is 2.51. The predicted molar refractivity (Wildman–Crippen MR) is 266 cm³/mol. The van der Waals surface area contributed by atoms with Crippen molar-refractivity contribution in [3.05, 3.63) is 211 Å². The lowest BCUT2D eigenvalue weighted by Crippen LogP contribution is -2.03. The lowest BCUT2D eigenvalue weighted by molar-refractivity contribution is 0.780. The van der Waals surface area contributed by atoms with Crippen molar-refractivity contribution >= 4 is 84.8 Å². The third-order valence-electron chi connectivity index (χ3n) is 12.9. The molecule has 290 valence electrons. The van der Waals surface area contributed by atoms with E-state index in [0.29, 0.717) is 0 Å². The molecule has 0 amide bonds. The first-order valence-electron chi connectivity index (χ1n) is 21.3. The van der Waals surface area contributed by atoms with Crippen LogP contribution in [0.1, 0.15) is 36.0 Å². The fourth-order valence-corrected chi connectivity index (χ4v) is 12.4. The van der Waals surface area contributed by atoms with Gasteiger partial charge in [0.15, 0.2) is 0 Å². The van der Waals surface area contributed by atoms with E-state index < -0.39 is 0 Å². The fraction of sp³-hybridized carbons (Fsp3) is 0.0690. The number of aryl methyl sites for hydroxylation is 1. The standard InChI is InChI=1S/C58H41NS2/c1-3-41(39-34-50(58-52(35-39)48-22-11-14-27-55(48)61-58)38-29-31-56-51(33-38)47-21-10-13-26-54(47)60-56)44-18-7-8-19-45(44)42-30-28-37(32-36(42)2)43-23-15-24-49-46-20-9-12-25-53(46)59(57(43)49)40-16-5-4-6-17-40/h4-35,41H,3H2,1-2H3. The first-order valence-corrected chi connectivity index (χ1v) is 22.9. The first-order chi connectivity index (χ1) is 30.1. The molecule has 61 heavy (non-hydrogen) atoms. The lowest BCUT2D eigenvalue weighted by atomic mass is 9.81. The highest BCUT2D eigenvalue weighted by Crippen LogP contribution is 2.47. The number of fused-ring (bicyclic) bond motifs is 9. The minimum atomic E-state index is 0.207. The van der Waals surface area contributed by atoms with E-state index in [-0.39, 0.29) is 5.92 Å². The van der Waals surface area contributed by atoms with E-state index in [9.17, 15) is 0 Å². The summed E-state index contributed by atoms with van der Waals surface area (Å²) in [6.45, 7) is 4.64. The van der Waals surface area contributed by atoms with Crippen LogP contribution in [0, 0.1) is 6.92 Å². The Balaban J connectivity index is 1.00. The maximum absolute atomic E-state index is 2.51. The molecule has 0 N–H and O–H groups in total. The van der Waals surface area contributed by atoms with Gasteiger partial charge in [0.25, 0.3) is 0 Å². The molecule has 1 atom stereocenters. The molecule has 1 nitrogen and oxygen atoms in total. The Labute approximate surface area is 363 Å². The quantitative estimate of drug-likeness (QED) is 0.151. The molecule has 0 radical (unpaired) electrons. The van der Waals surface area contributed by atoms with Crippen molar-refractivity contribution in [3.8, 4) is 39.1 Å². The summed E-state index contributed by atoms with van der Waals surface area (Å²) in [7, 11) is 0. The van der Waals surface area contributed by atoms with Gasteiger partial charge in [-0.15, -0.1) is 22.7 Å². The van der Waals surface area contributed by atoms with Crippen LogP contribution < -0.4 is 0 Å². The monoisotopic (exact) mass is 815 g/mol. The minimum Gasteiger partial charge on any atom is -0.309 e. The van der Waals surface area contributed by atoms with Gasteiger partial charge in [0, 0.05) is 68.3 Å². The lowest BCUT2D eigenvalue weighted by Gasteiger charge is -2.22. The number of benzene rings is 9. The van der Waals surface area contributed by atoms with Crippen molar-refractivity contribution in [2.24, 2.45) is 0 Å². The van der Waals surface area contributed by atoms with Crippen LogP contribution in [0.5, 0.6) is 0 Å². The van der Waals surface area contributed by atoms with Crippen molar-refractivity contribution in [3.63, 3.8) is 0 Å². The SMILES string of the molecule is CCC(c1cc(-c2ccc3sc4ccccc4c3c2)c2sc3ccccc3c2c1)c1ccccc1-c1ccc(-c2cccc3c4ccccc4n(-c4ccccc4)c23)cc1C. The van der Waals surface area contributed by atoms with Gasteiger partial charge in [-0.3, -0.25) is 0 Å². The topological polar surface area (TPSA) is 4.93 Å². The Morgan fingerprint density at radius 2 is 1.08 bits per heavy atom. The van der Waals surface area contributed by atoms with Crippen molar-refractivity contribution in [1.82, 2.24) is 4.57 Å². The van der Waals surface area contributed by atoms with Gasteiger partial charge < -0.3 is 4.57 Å². The Morgan fingerprint density at radius 1 is 0.443 bits per heavy atom. The Kier molecular flexibility index (Phi) is 8.55. The van der Waals surface area contributed by atoms with Gasteiger partial charge in [-0.1, -0.05) is 146 Å². The van der Waals surface area contributed by atoms with Gasteiger partial charge in [0.1, 0.15) is 0 Å². The summed E-state index contributed by atoms with van der Waals surface area (Å²) in [5, 5.41) is 7.91. The molecule has 0 bridgehead atoms. The van der Waals surface area contributed by atoms with Crippen molar-refractivity contribution in [2.45, 2.75) is 26.2 Å². The van der Waals surface area contributed by atoms with E-state index in [1.807, 2.05) is 22.7 Å². The summed E-state index contributed by atoms with van der Waals surface area (Å²) in [5.74, 6) is 0.207. The zero-order chi connectivity index (χ0) is 40.6. The highest BCUT2D eigenvalue weighted by molar-refractivity contribution is 7.26. The first kappa shape index (κ1) is 36.1. The third kappa shape index (κ3) is 5.80. The van der Waals surface area contributed by atoms with Crippen LogP contribution in [0.4, 0.5) is 0 Å². The van der Waals surface area contributed by atoms with E-state index in [4.69, 9.17) is 0 Å². The molecule has 0 saturated heterocycles. The molecule has 0 aliphatic heterocycles. The average molecular weight is 816 g/mol. The maximum Gasteiger partial charge on any atom is 0.0619 e. The van der Waals surface area contributed by atoms with Crippen LogP contribution in [0.25, 0.3) is 101 Å². The van der Waals surface area contributed by atoms with Crippen LogP contribution >= 0.6 is 22.7 Å². The molecular formula is C58H41NS2. The molecule has 0 fully saturated rings. The Hall–Kier alpha value is -6.78. The van der Waals surface area contributed by atoms with Gasteiger partial charge in [-0.2, -0.15) is 0 Å². The zero-order valence-corrected chi connectivity index (χ0v) is 35.7. The largest absolute Gasteiger partial charge is 0.309 e. The van der Waals surface area contributed by atoms with E-state index in [0.717, 1.165) is 6.42 Å². The summed E-state index contributed by atoms with van der Waals surface area (Å²) in [4.78, 5) is 0. The van der Waals surface area contributed by atoms with Gasteiger partial charge in [0.2, 0.25) is 0 Å². The van der Waals surface area contributed by atoms with Crippen molar-refractivity contribution in [2.75, 3.05) is 0 Å². The highest BCUT2D eigenvalue weighted by atomic mass is 32.1. The zero-order valence-electron chi connectivity index (χ0n) is 34.0. The molecule has 0 saturated carbocycles. The molecule has 9 aromatic carbocycles. The molecule has 12 aromatic rings. The molecule has 3 heterocycles. The number of hydrogen-bond acceptors (Lipinski definition) is 2. The summed E-state index contributed by atoms with van der Waals surface area (Å²) in [5.41, 5.74) is 15.3. The second kappa shape index (κ2) is 14.4. The number of aromatic nitrogens is 1. The van der Waals surface area contributed by atoms with Crippen molar-refractivity contribution < 1.29 is 0 Å². The van der Waals surface area contributed by atoms with Crippen LogP contribution in [-0.2, 0) is 0 Å². The molecular weight excluding hydrogens is 775 g/mol. The molecule has 1 unspecified atom stereocenters. The van der Waals surface area contributed by atoms with Crippen LogP contribution in [0.2, 0.25) is 0 Å². The van der Waals surface area contributed by atoms with E-state index in [1.54, 1.807) is 0 Å². The van der Waals surface area contributed by atoms with Crippen LogP contribution in [0.15, 0.2) is 194 Å². The highest BCUT2D eigenvalue weighted by Gasteiger charge is 2.23. The summed E-state index contributed by atoms with van der Waals surface area (Å²) in [6.07, 6.45) is 0.987. The second-order valence-electron chi connectivity index (χ2n) is 16.3. The summed E-state index contributed by atoms with van der Waals surface area (Å²) in [6, 6.07) is 72.5. The molecule has 3 aromatic heterocycles. The minimum absolute atomic E-state index is 0.207. The average Bonchev–Trinajstić information content (AvgIpc) is 3.99. The van der Waals surface area contributed by atoms with Crippen molar-refractivity contribution in [1.29, 1.82) is 0 Å². The second-order valence-corrected chi connectivity index (χ2v) is 18.5. The molecule has 12 rings (SSSR count). The number of thiophene rings is 2. The number of para-hydroxylation sites is 3. The number of nitrogens with zero attached hydrogens (tertiary/aromatic N) is 1. The van der Waals surface area contributed by atoms with Gasteiger partial charge in [0.05, 0.1) is 11.0 Å². The summed E-state index contributed by atoms with van der Waals surface area (Å²) < 4.78 is 7.81. The normalized spacial score (nSPS) is 12.4. The molecule has 0 spiro atoms. The third-order valence-corrected chi connectivity index (χ3v) is 15.2. The van der Waals surface area contributed by atoms with E-state index >= 15 is 0 Å².